The molecule has 0 atom stereocenters. The number of nitrogens with zero attached hydrogens (tertiary/aromatic N) is 4. The minimum atomic E-state index is -3.45. The summed E-state index contributed by atoms with van der Waals surface area (Å²) < 4.78 is 218. The summed E-state index contributed by atoms with van der Waals surface area (Å²) >= 11 is 0. The van der Waals surface area contributed by atoms with Crippen LogP contribution < -0.4 is 20.7 Å². The first-order valence-corrected chi connectivity index (χ1v) is 23.5. The summed E-state index contributed by atoms with van der Waals surface area (Å²) in [5.74, 6) is -1.74. The molecule has 0 bridgehead atoms. The minimum absolute atomic E-state index is 0.177. The molecule has 13 rings (SSSR count). The minimum Gasteiger partial charge on any atom is -0.456 e. The summed E-state index contributed by atoms with van der Waals surface area (Å²) in [5.41, 5.74) is -5.32. The van der Waals surface area contributed by atoms with Crippen LogP contribution >= 0.6 is 0 Å². The molecule has 6 heteroatoms. The topological polar surface area (TPSA) is 56.7 Å². The number of aromatic nitrogens is 4. The molecule has 3 aromatic heterocycles. The fraction of sp³-hybridized carbons (Fsp3) is 0. The van der Waals surface area contributed by atoms with Crippen LogP contribution in [0.1, 0.15) is 31.5 Å². The SMILES string of the molecule is [2H]c1c([2H])c([2H])c(-c2c([2H])c([2H])c3c(oc4c([2H])c([2H])c([2H])c([2H])c43)c2[2H])c(-c2nc(-c3cccc([Si](c4ccccc4)(c4ccccc4)c4ccccc4)c3)nc(-c3c([2H])c([2H])c([2H])c([2H])c3-n3c4c([2H])c([2H])c([2H])c([2H])c4c4c([2H])c([2H])c([2H])c([2H])c43)n2)c1[2H]. The van der Waals surface area contributed by atoms with E-state index in [0.717, 1.165) is 25.3 Å². The van der Waals surface area contributed by atoms with Crippen molar-refractivity contribution < 1.29 is 35.9 Å². The second-order valence-electron chi connectivity index (χ2n) is 15.8. The molecule has 0 spiro atoms. The lowest BCUT2D eigenvalue weighted by molar-refractivity contribution is 0.669. The lowest BCUT2D eigenvalue weighted by Crippen LogP contribution is -2.74. The summed E-state index contributed by atoms with van der Waals surface area (Å²) in [4.78, 5) is 14.8. The van der Waals surface area contributed by atoms with Crippen molar-refractivity contribution in [3.05, 3.63) is 254 Å². The Labute approximate surface area is 432 Å². The molecule has 0 fully saturated rings. The molecule has 0 saturated heterocycles. The van der Waals surface area contributed by atoms with Crippen LogP contribution in [0.5, 0.6) is 0 Å². The average molecular weight is 922 g/mol. The third kappa shape index (κ3) is 6.72. The first kappa shape index (κ1) is 23.2. The zero-order valence-corrected chi connectivity index (χ0v) is 36.7. The first-order chi connectivity index (χ1) is 43.8. The molecule has 13 aromatic rings. The van der Waals surface area contributed by atoms with Crippen LogP contribution in [0.25, 0.3) is 94.7 Å². The molecule has 0 saturated carbocycles. The first-order valence-electron chi connectivity index (χ1n) is 33.0. The van der Waals surface area contributed by atoms with Gasteiger partial charge in [-0.3, -0.25) is 0 Å². The van der Waals surface area contributed by atoms with E-state index in [2.05, 4.69) is 0 Å². The molecule has 0 unspecified atom stereocenters. The van der Waals surface area contributed by atoms with E-state index in [9.17, 15) is 17.8 Å². The number of fused-ring (bicyclic) bond motifs is 6. The van der Waals surface area contributed by atoms with E-state index in [-0.39, 0.29) is 22.2 Å². The Morgan fingerprint density at radius 2 is 0.870 bits per heavy atom. The van der Waals surface area contributed by atoms with Gasteiger partial charge in [0.15, 0.2) is 25.5 Å². The number of benzene rings is 10. The van der Waals surface area contributed by atoms with E-state index in [1.807, 2.05) is 103 Å². The Balaban J connectivity index is 1.21. The molecule has 10 aromatic carbocycles. The molecule has 0 N–H and O–H groups in total. The highest BCUT2D eigenvalue weighted by Crippen LogP contribution is 2.39. The second kappa shape index (κ2) is 16.7. The van der Waals surface area contributed by atoms with Crippen molar-refractivity contribution >= 4 is 72.6 Å². The molecular weight excluding hydrogens is 857 g/mol. The van der Waals surface area contributed by atoms with Gasteiger partial charge in [0.1, 0.15) is 11.2 Å². The standard InChI is InChI=1S/C63H42N4OSi/c1-4-22-45(23-5-1)69(46-24-6-2-7-25-46,47-26-8-3-9-27-47)48-28-20-21-44(41-48)61-64-62(54-33-11-10-29-49(54)43-39-40-53-52-32-15-19-38-59(52)68-60(53)42-43)66-63(65-61)55-34-14-18-37-58(55)67-56-35-16-12-30-50(56)51-31-13-17-36-57(51)67/h1-42H/i10D,11D,12D,13D,14D,15D,16D,17D,18D,19D,29D,30D,31D,32D,33D,34D,35D,36D,37D,38D,39D,40D,42D. The number of hydrogen-bond acceptors (Lipinski definition) is 4. The van der Waals surface area contributed by atoms with Gasteiger partial charge in [-0.15, -0.1) is 0 Å². The van der Waals surface area contributed by atoms with Gasteiger partial charge < -0.3 is 8.98 Å². The average Bonchev–Trinajstić information content (AvgIpc) is 1.50. The Bertz CT molecular complexity index is 5230. The van der Waals surface area contributed by atoms with Crippen molar-refractivity contribution in [1.29, 1.82) is 0 Å². The number of hydrogen-bond donors (Lipinski definition) is 0. The molecule has 0 aliphatic carbocycles. The predicted molar refractivity (Wildman–Crippen MR) is 287 cm³/mol. The molecule has 0 radical (unpaired) electrons. The van der Waals surface area contributed by atoms with Crippen molar-refractivity contribution in [2.75, 3.05) is 0 Å². The molecule has 0 aliphatic rings. The zero-order chi connectivity index (χ0) is 65.7. The van der Waals surface area contributed by atoms with E-state index in [1.165, 1.54) is 0 Å². The Morgan fingerprint density at radius 1 is 0.377 bits per heavy atom. The summed E-state index contributed by atoms with van der Waals surface area (Å²) in [5, 5.41) is 1.97. The molecular formula is C63H42N4OSi. The van der Waals surface area contributed by atoms with Crippen LogP contribution in [0.2, 0.25) is 0 Å². The van der Waals surface area contributed by atoms with E-state index >= 15 is 0 Å². The largest absolute Gasteiger partial charge is 0.456 e. The van der Waals surface area contributed by atoms with Crippen LogP contribution in [-0.2, 0) is 0 Å². The fourth-order valence-corrected chi connectivity index (χ4v) is 13.9. The van der Waals surface area contributed by atoms with E-state index in [4.69, 9.17) is 33.1 Å². The highest BCUT2D eigenvalue weighted by molar-refractivity contribution is 7.19. The maximum atomic E-state index is 9.85. The molecule has 3 heterocycles. The third-order valence-electron chi connectivity index (χ3n) is 12.0. The van der Waals surface area contributed by atoms with Gasteiger partial charge in [0.2, 0.25) is 0 Å². The fourth-order valence-electron chi connectivity index (χ4n) is 9.05. The summed E-state index contributed by atoms with van der Waals surface area (Å²) in [6.45, 7) is 0. The zero-order valence-electron chi connectivity index (χ0n) is 58.7. The highest BCUT2D eigenvalue weighted by Gasteiger charge is 2.41. The second-order valence-corrected chi connectivity index (χ2v) is 19.6. The van der Waals surface area contributed by atoms with Gasteiger partial charge >= 0.3 is 0 Å². The van der Waals surface area contributed by atoms with Gasteiger partial charge in [0, 0.05) is 38.2 Å². The van der Waals surface area contributed by atoms with Crippen molar-refractivity contribution in [2.45, 2.75) is 0 Å². The van der Waals surface area contributed by atoms with Gasteiger partial charge in [0.05, 0.1) is 48.2 Å². The predicted octanol–water partition coefficient (Wildman–Crippen LogP) is 12.9. The smallest absolute Gasteiger partial charge is 0.179 e. The maximum Gasteiger partial charge on any atom is 0.179 e. The van der Waals surface area contributed by atoms with Crippen LogP contribution in [0.4, 0.5) is 0 Å². The summed E-state index contributed by atoms with van der Waals surface area (Å²) in [6, 6.07) is 17.5. The molecule has 324 valence electrons. The van der Waals surface area contributed by atoms with Crippen molar-refractivity contribution in [3.8, 4) is 51.0 Å². The normalized spacial score (nSPS) is 16.4. The van der Waals surface area contributed by atoms with Crippen molar-refractivity contribution in [3.63, 3.8) is 0 Å². The number of para-hydroxylation sites is 4. The van der Waals surface area contributed by atoms with Crippen LogP contribution in [0, 0.1) is 0 Å². The maximum absolute atomic E-state index is 9.85. The van der Waals surface area contributed by atoms with Crippen LogP contribution in [-0.4, -0.2) is 27.6 Å². The quantitative estimate of drug-likeness (QED) is 0.107. The van der Waals surface area contributed by atoms with Gasteiger partial charge in [0.25, 0.3) is 0 Å². The molecule has 69 heavy (non-hydrogen) atoms. The van der Waals surface area contributed by atoms with Crippen molar-refractivity contribution in [2.24, 2.45) is 0 Å². The van der Waals surface area contributed by atoms with Gasteiger partial charge in [-0.2, -0.15) is 0 Å². The van der Waals surface area contributed by atoms with E-state index < -0.39 is 220 Å². The summed E-state index contributed by atoms with van der Waals surface area (Å²) in [6.07, 6.45) is 0. The molecule has 0 amide bonds. The third-order valence-corrected chi connectivity index (χ3v) is 16.8. The van der Waals surface area contributed by atoms with Crippen LogP contribution in [0.3, 0.4) is 0 Å². The Kier molecular flexibility index (Phi) is 5.61. The number of furan rings is 1. The number of rotatable bonds is 9. The molecule has 0 aliphatic heterocycles. The van der Waals surface area contributed by atoms with Gasteiger partial charge in [-0.1, -0.05) is 212 Å². The van der Waals surface area contributed by atoms with Crippen molar-refractivity contribution in [1.82, 2.24) is 19.5 Å². The Morgan fingerprint density at radius 3 is 1.52 bits per heavy atom. The lowest BCUT2D eigenvalue weighted by atomic mass is 9.98. The monoisotopic (exact) mass is 921 g/mol. The van der Waals surface area contributed by atoms with Gasteiger partial charge in [-0.25, -0.2) is 15.0 Å². The lowest BCUT2D eigenvalue weighted by Gasteiger charge is -2.34. The van der Waals surface area contributed by atoms with E-state index in [1.54, 1.807) is 12.1 Å². The van der Waals surface area contributed by atoms with E-state index in [0.29, 0.717) is 0 Å². The molecule has 5 nitrogen and oxygen atoms in total. The van der Waals surface area contributed by atoms with Crippen LogP contribution in [0.15, 0.2) is 259 Å². The Hall–Kier alpha value is -8.97. The van der Waals surface area contributed by atoms with Gasteiger partial charge in [-0.05, 0) is 74.2 Å². The highest BCUT2D eigenvalue weighted by atomic mass is 28.3. The summed E-state index contributed by atoms with van der Waals surface area (Å²) in [7, 11) is -3.45.